The largest absolute Gasteiger partial charge is 0.494 e. The number of nitrogens with zero attached hydrogens (tertiary/aromatic N) is 1. The standard InChI is InChI=1S/C19H18N2O3/c1-3-23-16-9-7-15(8-10-16)21-19(22)17-18(24-12-20-17)14-6-4-5-13(2)11-14/h4-12H,3H2,1-2H3,(H,21,22). The van der Waals surface area contributed by atoms with Crippen LogP contribution in [0.15, 0.2) is 59.3 Å². The predicted octanol–water partition coefficient (Wildman–Crippen LogP) is 4.30. The van der Waals surface area contributed by atoms with Crippen LogP contribution >= 0.6 is 0 Å². The molecule has 3 aromatic rings. The summed E-state index contributed by atoms with van der Waals surface area (Å²) in [6.45, 7) is 4.51. The lowest BCUT2D eigenvalue weighted by Gasteiger charge is -2.07. The van der Waals surface area contributed by atoms with E-state index in [0.29, 0.717) is 18.1 Å². The zero-order valence-electron chi connectivity index (χ0n) is 13.6. The molecule has 0 bridgehead atoms. The van der Waals surface area contributed by atoms with Gasteiger partial charge in [0.05, 0.1) is 6.61 Å². The Hall–Kier alpha value is -3.08. The molecular weight excluding hydrogens is 304 g/mol. The van der Waals surface area contributed by atoms with Crippen molar-refractivity contribution in [3.05, 3.63) is 66.2 Å². The normalized spacial score (nSPS) is 10.4. The Bertz CT molecular complexity index is 838. The van der Waals surface area contributed by atoms with Crippen LogP contribution in [0.1, 0.15) is 23.0 Å². The Morgan fingerprint density at radius 3 is 2.71 bits per heavy atom. The second-order valence-electron chi connectivity index (χ2n) is 5.31. The van der Waals surface area contributed by atoms with Gasteiger partial charge in [0.25, 0.3) is 5.91 Å². The number of rotatable bonds is 5. The molecule has 1 aromatic heterocycles. The van der Waals surface area contributed by atoms with Crippen LogP contribution in [-0.2, 0) is 0 Å². The fourth-order valence-corrected chi connectivity index (χ4v) is 2.39. The van der Waals surface area contributed by atoms with E-state index in [-0.39, 0.29) is 11.6 Å². The van der Waals surface area contributed by atoms with Crippen molar-refractivity contribution in [1.82, 2.24) is 4.98 Å². The first-order valence-electron chi connectivity index (χ1n) is 7.72. The van der Waals surface area contributed by atoms with Gasteiger partial charge >= 0.3 is 0 Å². The average molecular weight is 322 g/mol. The third-order valence-electron chi connectivity index (χ3n) is 3.49. The smallest absolute Gasteiger partial charge is 0.278 e. The van der Waals surface area contributed by atoms with E-state index in [1.165, 1.54) is 6.39 Å². The van der Waals surface area contributed by atoms with E-state index in [9.17, 15) is 4.79 Å². The molecule has 1 heterocycles. The first-order chi connectivity index (χ1) is 11.7. The number of nitrogens with one attached hydrogen (secondary N) is 1. The molecule has 122 valence electrons. The molecular formula is C19H18N2O3. The summed E-state index contributed by atoms with van der Waals surface area (Å²) in [6.07, 6.45) is 1.28. The van der Waals surface area contributed by atoms with Crippen LogP contribution in [-0.4, -0.2) is 17.5 Å². The van der Waals surface area contributed by atoms with Gasteiger partial charge in [0.2, 0.25) is 0 Å². The summed E-state index contributed by atoms with van der Waals surface area (Å²) in [7, 11) is 0. The second kappa shape index (κ2) is 7.00. The van der Waals surface area contributed by atoms with Crippen LogP contribution in [0.4, 0.5) is 5.69 Å². The monoisotopic (exact) mass is 322 g/mol. The maximum atomic E-state index is 12.5. The quantitative estimate of drug-likeness (QED) is 0.760. The molecule has 0 atom stereocenters. The molecule has 0 spiro atoms. The molecule has 2 aromatic carbocycles. The molecule has 0 fully saturated rings. The summed E-state index contributed by atoms with van der Waals surface area (Å²) in [5.74, 6) is 0.906. The van der Waals surface area contributed by atoms with Gasteiger partial charge < -0.3 is 14.5 Å². The van der Waals surface area contributed by atoms with Crippen molar-refractivity contribution in [2.24, 2.45) is 0 Å². The fraction of sp³-hybridized carbons (Fsp3) is 0.158. The third kappa shape index (κ3) is 3.46. The lowest BCUT2D eigenvalue weighted by atomic mass is 10.1. The van der Waals surface area contributed by atoms with Crippen molar-refractivity contribution in [1.29, 1.82) is 0 Å². The van der Waals surface area contributed by atoms with Crippen LogP contribution in [0.5, 0.6) is 5.75 Å². The van der Waals surface area contributed by atoms with Gasteiger partial charge in [-0.05, 0) is 44.2 Å². The van der Waals surface area contributed by atoms with Gasteiger partial charge in [0.1, 0.15) is 5.75 Å². The fourth-order valence-electron chi connectivity index (χ4n) is 2.39. The third-order valence-corrected chi connectivity index (χ3v) is 3.49. The van der Waals surface area contributed by atoms with Crippen LogP contribution in [0.3, 0.4) is 0 Å². The van der Waals surface area contributed by atoms with E-state index in [1.807, 2.05) is 50.2 Å². The Balaban J connectivity index is 1.80. The number of anilines is 1. The van der Waals surface area contributed by atoms with E-state index in [2.05, 4.69) is 10.3 Å². The van der Waals surface area contributed by atoms with Crippen molar-refractivity contribution < 1.29 is 13.9 Å². The highest BCUT2D eigenvalue weighted by Gasteiger charge is 2.18. The first kappa shape index (κ1) is 15.8. The number of aryl methyl sites for hydroxylation is 1. The number of hydrogen-bond donors (Lipinski definition) is 1. The van der Waals surface area contributed by atoms with Gasteiger partial charge in [0.15, 0.2) is 17.8 Å². The molecule has 0 aliphatic heterocycles. The van der Waals surface area contributed by atoms with Gasteiger partial charge in [-0.3, -0.25) is 4.79 Å². The Morgan fingerprint density at radius 2 is 2.00 bits per heavy atom. The molecule has 0 aliphatic carbocycles. The lowest BCUT2D eigenvalue weighted by Crippen LogP contribution is -2.13. The number of carbonyl (C=O) groups excluding carboxylic acids is 1. The molecule has 5 heteroatoms. The first-order valence-corrected chi connectivity index (χ1v) is 7.72. The number of aromatic nitrogens is 1. The minimum atomic E-state index is -0.315. The van der Waals surface area contributed by atoms with E-state index in [1.54, 1.807) is 12.1 Å². The Kier molecular flexibility index (Phi) is 4.61. The van der Waals surface area contributed by atoms with E-state index < -0.39 is 0 Å². The van der Waals surface area contributed by atoms with Gasteiger partial charge in [0, 0.05) is 11.3 Å². The average Bonchev–Trinajstić information content (AvgIpc) is 3.07. The number of amides is 1. The van der Waals surface area contributed by atoms with Gasteiger partial charge in [-0.15, -0.1) is 0 Å². The SMILES string of the molecule is CCOc1ccc(NC(=O)c2ncoc2-c2cccc(C)c2)cc1. The number of ether oxygens (including phenoxy) is 1. The summed E-state index contributed by atoms with van der Waals surface area (Å²) in [6, 6.07) is 14.9. The topological polar surface area (TPSA) is 64.4 Å². The summed E-state index contributed by atoms with van der Waals surface area (Å²) >= 11 is 0. The molecule has 3 rings (SSSR count). The summed E-state index contributed by atoms with van der Waals surface area (Å²) in [5, 5.41) is 2.82. The van der Waals surface area contributed by atoms with Crippen molar-refractivity contribution >= 4 is 11.6 Å². The second-order valence-corrected chi connectivity index (χ2v) is 5.31. The number of benzene rings is 2. The van der Waals surface area contributed by atoms with Gasteiger partial charge in [-0.1, -0.05) is 23.8 Å². The van der Waals surface area contributed by atoms with Crippen molar-refractivity contribution in [3.63, 3.8) is 0 Å². The van der Waals surface area contributed by atoms with Gasteiger partial charge in [-0.2, -0.15) is 0 Å². The zero-order valence-corrected chi connectivity index (χ0v) is 13.6. The van der Waals surface area contributed by atoms with E-state index in [0.717, 1.165) is 16.9 Å². The molecule has 0 aliphatic rings. The number of hydrogen-bond acceptors (Lipinski definition) is 4. The molecule has 0 saturated carbocycles. The summed E-state index contributed by atoms with van der Waals surface area (Å²) < 4.78 is 10.8. The van der Waals surface area contributed by atoms with E-state index in [4.69, 9.17) is 9.15 Å². The van der Waals surface area contributed by atoms with Crippen LogP contribution in [0.2, 0.25) is 0 Å². The van der Waals surface area contributed by atoms with Crippen LogP contribution in [0.25, 0.3) is 11.3 Å². The van der Waals surface area contributed by atoms with Crippen molar-refractivity contribution in [2.45, 2.75) is 13.8 Å². The highest BCUT2D eigenvalue weighted by atomic mass is 16.5. The van der Waals surface area contributed by atoms with Crippen molar-refractivity contribution in [3.8, 4) is 17.1 Å². The summed E-state index contributed by atoms with van der Waals surface area (Å²) in [5.41, 5.74) is 2.84. The number of oxazole rings is 1. The van der Waals surface area contributed by atoms with E-state index >= 15 is 0 Å². The molecule has 5 nitrogen and oxygen atoms in total. The van der Waals surface area contributed by atoms with Crippen LogP contribution < -0.4 is 10.1 Å². The van der Waals surface area contributed by atoms with Crippen molar-refractivity contribution in [2.75, 3.05) is 11.9 Å². The minimum Gasteiger partial charge on any atom is -0.494 e. The molecule has 0 radical (unpaired) electrons. The molecule has 0 saturated heterocycles. The predicted molar refractivity (Wildman–Crippen MR) is 92.2 cm³/mol. The van der Waals surface area contributed by atoms with Crippen LogP contribution in [0, 0.1) is 6.92 Å². The minimum absolute atomic E-state index is 0.259. The molecule has 0 unspecified atom stereocenters. The Morgan fingerprint density at radius 1 is 1.21 bits per heavy atom. The molecule has 1 amide bonds. The number of carbonyl (C=O) groups is 1. The molecule has 1 N–H and O–H groups in total. The Labute approximate surface area is 140 Å². The highest BCUT2D eigenvalue weighted by Crippen LogP contribution is 2.25. The molecule has 24 heavy (non-hydrogen) atoms. The zero-order chi connectivity index (χ0) is 16.9. The highest BCUT2D eigenvalue weighted by molar-refractivity contribution is 6.06. The van der Waals surface area contributed by atoms with Gasteiger partial charge in [-0.25, -0.2) is 4.98 Å². The lowest BCUT2D eigenvalue weighted by molar-refractivity contribution is 0.102. The maximum absolute atomic E-state index is 12.5. The summed E-state index contributed by atoms with van der Waals surface area (Å²) in [4.78, 5) is 16.6. The maximum Gasteiger partial charge on any atom is 0.278 e.